The second kappa shape index (κ2) is 9.60. The predicted octanol–water partition coefficient (Wildman–Crippen LogP) is 4.78. The Bertz CT molecular complexity index is 535. The van der Waals surface area contributed by atoms with Crippen LogP contribution in [0.3, 0.4) is 0 Å². The van der Waals surface area contributed by atoms with Crippen molar-refractivity contribution in [3.8, 4) is 0 Å². The molecule has 0 spiro atoms. The van der Waals surface area contributed by atoms with Crippen LogP contribution in [0.15, 0.2) is 24.3 Å². The van der Waals surface area contributed by atoms with Crippen LogP contribution in [-0.2, 0) is 16.1 Å². The van der Waals surface area contributed by atoms with Gasteiger partial charge in [0.1, 0.15) is 4.75 Å². The van der Waals surface area contributed by atoms with Gasteiger partial charge in [-0.05, 0) is 71.1 Å². The Morgan fingerprint density at radius 1 is 1.12 bits per heavy atom. The highest BCUT2D eigenvalue weighted by atomic mass is 32.2. The molecule has 0 saturated carbocycles. The maximum absolute atomic E-state index is 12.5. The number of hydrogen-bond acceptors (Lipinski definition) is 4. The molecule has 0 aliphatic carbocycles. The van der Waals surface area contributed by atoms with Crippen LogP contribution in [-0.4, -0.2) is 21.4 Å². The number of ether oxygens (including phenoxy) is 1. The third-order valence-electron chi connectivity index (χ3n) is 3.73. The van der Waals surface area contributed by atoms with E-state index in [-0.39, 0.29) is 22.9 Å². The Kier molecular flexibility index (Phi) is 8.45. The second-order valence-corrected chi connectivity index (χ2v) is 10.1. The normalized spacial score (nSPS) is 14.6. The van der Waals surface area contributed by atoms with Crippen LogP contribution < -0.4 is 4.72 Å². The third-order valence-corrected chi connectivity index (χ3v) is 5.34. The molecule has 1 unspecified atom stereocenters. The lowest BCUT2D eigenvalue weighted by Crippen LogP contribution is -2.41. The predicted molar refractivity (Wildman–Crippen MR) is 105 cm³/mol. The quantitative estimate of drug-likeness (QED) is 0.530. The number of rotatable bonds is 8. The summed E-state index contributed by atoms with van der Waals surface area (Å²) in [5.74, 6) is 0.263. The van der Waals surface area contributed by atoms with Crippen LogP contribution in [0.4, 0.5) is 0 Å². The van der Waals surface area contributed by atoms with E-state index in [1.54, 1.807) is 12.1 Å². The fraction of sp³-hybridized carbons (Fsp3) is 0.650. The zero-order valence-electron chi connectivity index (χ0n) is 16.6. The van der Waals surface area contributed by atoms with E-state index in [4.69, 9.17) is 4.74 Å². The largest absolute Gasteiger partial charge is 0.598 e. The van der Waals surface area contributed by atoms with E-state index in [0.29, 0.717) is 11.5 Å². The molecule has 0 fully saturated rings. The van der Waals surface area contributed by atoms with Crippen molar-refractivity contribution in [3.05, 3.63) is 35.4 Å². The van der Waals surface area contributed by atoms with Gasteiger partial charge in [0.25, 0.3) is 0 Å². The number of benzene rings is 1. The summed E-state index contributed by atoms with van der Waals surface area (Å²) < 4.78 is 20.7. The van der Waals surface area contributed by atoms with Gasteiger partial charge in [-0.3, -0.25) is 0 Å². The molecule has 0 radical (unpaired) electrons. The first kappa shape index (κ1) is 22.0. The summed E-state index contributed by atoms with van der Waals surface area (Å²) in [5, 5.41) is 0. The van der Waals surface area contributed by atoms with E-state index in [1.807, 2.05) is 46.8 Å². The van der Waals surface area contributed by atoms with Crippen molar-refractivity contribution in [1.82, 2.24) is 4.72 Å². The lowest BCUT2D eigenvalue weighted by Gasteiger charge is -2.28. The summed E-state index contributed by atoms with van der Waals surface area (Å²) in [6.07, 6.45) is 1.80. The minimum Gasteiger partial charge on any atom is -0.598 e. The Labute approximate surface area is 156 Å². The number of esters is 1. The lowest BCUT2D eigenvalue weighted by atomic mass is 9.97. The smallest absolute Gasteiger partial charge is 0.338 e. The molecule has 0 bridgehead atoms. The first-order chi connectivity index (χ1) is 11.5. The van der Waals surface area contributed by atoms with E-state index < -0.39 is 11.4 Å². The molecule has 0 aliphatic rings. The summed E-state index contributed by atoms with van der Waals surface area (Å²) in [5.41, 5.74) is 1.58. The van der Waals surface area contributed by atoms with Gasteiger partial charge >= 0.3 is 5.97 Å². The average Bonchev–Trinajstić information content (AvgIpc) is 2.49. The molecule has 1 rings (SSSR count). The molecule has 5 heteroatoms. The van der Waals surface area contributed by atoms with Gasteiger partial charge < -0.3 is 9.29 Å². The number of carbonyl (C=O) groups is 1. The van der Waals surface area contributed by atoms with Crippen molar-refractivity contribution in [3.63, 3.8) is 0 Å². The standard InChI is InChI=1S/C20H33NO3S/c1-14(2)8-13-18(21-25(23)20(5,6)7)16-9-11-17(12-10-16)19(22)24-15(3)4/h9-12,14-15,18,21H,8,13H2,1-7H3/t18-,25?/m1/s1. The summed E-state index contributed by atoms with van der Waals surface area (Å²) in [4.78, 5) is 12.0. The third kappa shape index (κ3) is 7.80. The van der Waals surface area contributed by atoms with Crippen molar-refractivity contribution in [2.75, 3.05) is 0 Å². The highest BCUT2D eigenvalue weighted by Crippen LogP contribution is 2.25. The Morgan fingerprint density at radius 3 is 2.12 bits per heavy atom. The van der Waals surface area contributed by atoms with E-state index in [0.717, 1.165) is 18.4 Å². The zero-order valence-corrected chi connectivity index (χ0v) is 17.4. The van der Waals surface area contributed by atoms with Crippen LogP contribution in [0.1, 0.15) is 83.3 Å². The van der Waals surface area contributed by atoms with Gasteiger partial charge in [-0.2, -0.15) is 0 Å². The van der Waals surface area contributed by atoms with Crippen LogP contribution in [0.25, 0.3) is 0 Å². The van der Waals surface area contributed by atoms with Crippen molar-refractivity contribution in [2.45, 2.75) is 78.2 Å². The Hall–Kier alpha value is -1.04. The summed E-state index contributed by atoms with van der Waals surface area (Å²) in [7, 11) is 0. The maximum Gasteiger partial charge on any atom is 0.338 e. The second-order valence-electron chi connectivity index (χ2n) is 8.10. The molecule has 1 aromatic carbocycles. The van der Waals surface area contributed by atoms with E-state index in [2.05, 4.69) is 18.6 Å². The van der Waals surface area contributed by atoms with Crippen molar-refractivity contribution in [1.29, 1.82) is 0 Å². The van der Waals surface area contributed by atoms with E-state index in [9.17, 15) is 9.35 Å². The first-order valence-electron chi connectivity index (χ1n) is 8.99. The van der Waals surface area contributed by atoms with Gasteiger partial charge in [-0.25, -0.2) is 4.79 Å². The summed E-state index contributed by atoms with van der Waals surface area (Å²) in [6.45, 7) is 13.9. The van der Waals surface area contributed by atoms with Gasteiger partial charge in [0, 0.05) is 11.4 Å². The molecule has 0 aromatic heterocycles. The number of hydrogen-bond donors (Lipinski definition) is 1. The lowest BCUT2D eigenvalue weighted by molar-refractivity contribution is 0.0378. The number of carbonyl (C=O) groups excluding carboxylic acids is 1. The highest BCUT2D eigenvalue weighted by molar-refractivity contribution is 7.90. The van der Waals surface area contributed by atoms with Gasteiger partial charge in [0.15, 0.2) is 0 Å². The van der Waals surface area contributed by atoms with Crippen LogP contribution in [0.5, 0.6) is 0 Å². The molecule has 4 nitrogen and oxygen atoms in total. The SMILES string of the molecule is CC(C)CC[C@@H](N[S+]([O-])C(C)(C)C)c1ccc(C(=O)OC(C)C)cc1. The number of nitrogens with one attached hydrogen (secondary N) is 1. The fourth-order valence-electron chi connectivity index (χ4n) is 2.23. The molecule has 1 aromatic rings. The first-order valence-corrected chi connectivity index (χ1v) is 10.1. The molecule has 1 N–H and O–H groups in total. The monoisotopic (exact) mass is 367 g/mol. The molecule has 0 aliphatic heterocycles. The molecule has 2 atom stereocenters. The molecular weight excluding hydrogens is 334 g/mol. The van der Waals surface area contributed by atoms with Crippen LogP contribution >= 0.6 is 0 Å². The van der Waals surface area contributed by atoms with Gasteiger partial charge in [0.2, 0.25) is 0 Å². The molecule has 0 heterocycles. The summed E-state index contributed by atoms with van der Waals surface area (Å²) >= 11 is -1.15. The Morgan fingerprint density at radius 2 is 1.68 bits per heavy atom. The van der Waals surface area contributed by atoms with Crippen molar-refractivity contribution >= 4 is 17.3 Å². The molecule has 0 saturated heterocycles. The van der Waals surface area contributed by atoms with Crippen LogP contribution in [0, 0.1) is 5.92 Å². The van der Waals surface area contributed by atoms with Crippen molar-refractivity contribution < 1.29 is 14.1 Å². The Balaban J connectivity index is 2.91. The van der Waals surface area contributed by atoms with Gasteiger partial charge in [0.05, 0.1) is 17.7 Å². The van der Waals surface area contributed by atoms with Gasteiger partial charge in [-0.1, -0.05) is 26.0 Å². The van der Waals surface area contributed by atoms with E-state index >= 15 is 0 Å². The molecule has 142 valence electrons. The van der Waals surface area contributed by atoms with Gasteiger partial charge in [-0.15, -0.1) is 4.72 Å². The zero-order chi connectivity index (χ0) is 19.2. The fourth-order valence-corrected chi connectivity index (χ4v) is 3.10. The minimum atomic E-state index is -1.15. The topological polar surface area (TPSA) is 61.4 Å². The van der Waals surface area contributed by atoms with E-state index in [1.165, 1.54) is 0 Å². The highest BCUT2D eigenvalue weighted by Gasteiger charge is 2.29. The minimum absolute atomic E-state index is 0.00220. The summed E-state index contributed by atoms with van der Waals surface area (Å²) in [6, 6.07) is 7.41. The van der Waals surface area contributed by atoms with Crippen molar-refractivity contribution in [2.24, 2.45) is 5.92 Å². The average molecular weight is 368 g/mol. The molecule has 25 heavy (non-hydrogen) atoms. The van der Waals surface area contributed by atoms with Crippen LogP contribution in [0.2, 0.25) is 0 Å². The molecule has 0 amide bonds. The molecular formula is C20H33NO3S. The maximum atomic E-state index is 12.5.